The Bertz CT molecular complexity index is 365. The molecule has 88 valence electrons. The van der Waals surface area contributed by atoms with E-state index in [0.717, 1.165) is 25.9 Å². The number of rotatable bonds is 3. The standard InChI is InChI=1S/C10H14ClN3OS/c11-9-3-4-10(14-13-9)16(15)7-8-2-1-5-12-6-8/h3-4,8,12H,1-2,5-7H2. The minimum atomic E-state index is -1.06. The van der Waals surface area contributed by atoms with Crippen LogP contribution in [0, 0.1) is 5.92 Å². The van der Waals surface area contributed by atoms with Crippen LogP contribution in [0.1, 0.15) is 12.8 Å². The smallest absolute Gasteiger partial charge is 0.151 e. The highest BCUT2D eigenvalue weighted by molar-refractivity contribution is 7.84. The molecule has 1 fully saturated rings. The van der Waals surface area contributed by atoms with Crippen molar-refractivity contribution in [3.63, 3.8) is 0 Å². The Hall–Kier alpha value is -0.520. The van der Waals surface area contributed by atoms with Gasteiger partial charge in [0.25, 0.3) is 0 Å². The highest BCUT2D eigenvalue weighted by Gasteiger charge is 2.17. The van der Waals surface area contributed by atoms with E-state index in [2.05, 4.69) is 15.5 Å². The van der Waals surface area contributed by atoms with Gasteiger partial charge >= 0.3 is 0 Å². The summed E-state index contributed by atoms with van der Waals surface area (Å²) in [6.07, 6.45) is 2.30. The van der Waals surface area contributed by atoms with Gasteiger partial charge in [-0.1, -0.05) is 11.6 Å². The molecule has 2 heterocycles. The van der Waals surface area contributed by atoms with Gasteiger partial charge < -0.3 is 5.32 Å². The molecule has 6 heteroatoms. The summed E-state index contributed by atoms with van der Waals surface area (Å²) in [6, 6.07) is 3.31. The monoisotopic (exact) mass is 259 g/mol. The fraction of sp³-hybridized carbons (Fsp3) is 0.600. The molecule has 0 amide bonds. The van der Waals surface area contributed by atoms with Crippen LogP contribution >= 0.6 is 11.6 Å². The van der Waals surface area contributed by atoms with Crippen LogP contribution in [0.25, 0.3) is 0 Å². The van der Waals surface area contributed by atoms with Gasteiger partial charge in [0, 0.05) is 5.75 Å². The van der Waals surface area contributed by atoms with Gasteiger partial charge in [0.2, 0.25) is 0 Å². The molecule has 1 aliphatic heterocycles. The number of hydrogen-bond acceptors (Lipinski definition) is 4. The minimum Gasteiger partial charge on any atom is -0.316 e. The Kier molecular flexibility index (Phi) is 4.26. The van der Waals surface area contributed by atoms with E-state index in [1.165, 1.54) is 0 Å². The fourth-order valence-electron chi connectivity index (χ4n) is 1.79. The topological polar surface area (TPSA) is 54.9 Å². The van der Waals surface area contributed by atoms with E-state index in [-0.39, 0.29) is 0 Å². The minimum absolute atomic E-state index is 0.333. The lowest BCUT2D eigenvalue weighted by Crippen LogP contribution is -2.32. The predicted molar refractivity (Wildman–Crippen MR) is 63.9 cm³/mol. The van der Waals surface area contributed by atoms with Crippen molar-refractivity contribution >= 4 is 22.4 Å². The van der Waals surface area contributed by atoms with Crippen LogP contribution in [0.2, 0.25) is 5.15 Å². The summed E-state index contributed by atoms with van der Waals surface area (Å²) in [5.74, 6) is 1.13. The Morgan fingerprint density at radius 2 is 2.38 bits per heavy atom. The number of nitrogens with zero attached hydrogens (tertiary/aromatic N) is 2. The summed E-state index contributed by atoms with van der Waals surface area (Å²) < 4.78 is 12.0. The third kappa shape index (κ3) is 3.23. The van der Waals surface area contributed by atoms with Crippen LogP contribution in [-0.4, -0.2) is 33.2 Å². The molecular formula is C10H14ClN3OS. The molecule has 0 aromatic carbocycles. The summed E-state index contributed by atoms with van der Waals surface area (Å²) in [5.41, 5.74) is 0. The predicted octanol–water partition coefficient (Wildman–Crippen LogP) is 1.24. The number of aromatic nitrogens is 2. The van der Waals surface area contributed by atoms with Crippen LogP contribution in [0.5, 0.6) is 0 Å². The molecule has 1 aromatic rings. The van der Waals surface area contributed by atoms with Crippen LogP contribution in [0.4, 0.5) is 0 Å². The van der Waals surface area contributed by atoms with Crippen molar-refractivity contribution in [3.8, 4) is 0 Å². The third-order valence-corrected chi connectivity index (χ3v) is 4.29. The Labute approximate surface area is 102 Å². The molecule has 1 aromatic heterocycles. The van der Waals surface area contributed by atoms with Crippen molar-refractivity contribution in [2.45, 2.75) is 17.9 Å². The molecule has 16 heavy (non-hydrogen) atoms. The molecule has 1 saturated heterocycles. The summed E-state index contributed by atoms with van der Waals surface area (Å²) in [5, 5.41) is 11.7. The Morgan fingerprint density at radius 3 is 3.00 bits per heavy atom. The van der Waals surface area contributed by atoms with Gasteiger partial charge in [-0.3, -0.25) is 4.21 Å². The zero-order chi connectivity index (χ0) is 11.4. The van der Waals surface area contributed by atoms with E-state index >= 15 is 0 Å². The van der Waals surface area contributed by atoms with E-state index in [1.807, 2.05) is 0 Å². The molecule has 0 saturated carbocycles. The number of halogens is 1. The lowest BCUT2D eigenvalue weighted by atomic mass is 10.0. The van der Waals surface area contributed by atoms with Gasteiger partial charge in [-0.15, -0.1) is 10.2 Å². The quantitative estimate of drug-likeness (QED) is 0.887. The van der Waals surface area contributed by atoms with Crippen molar-refractivity contribution in [3.05, 3.63) is 17.3 Å². The number of piperidine rings is 1. The molecule has 0 spiro atoms. The van der Waals surface area contributed by atoms with Crippen LogP contribution in [0.3, 0.4) is 0 Å². The van der Waals surface area contributed by atoms with Crippen molar-refractivity contribution < 1.29 is 4.21 Å². The summed E-state index contributed by atoms with van der Waals surface area (Å²) in [7, 11) is -1.06. The van der Waals surface area contributed by atoms with Crippen LogP contribution in [-0.2, 0) is 10.8 Å². The first-order valence-electron chi connectivity index (χ1n) is 5.34. The first kappa shape index (κ1) is 12.0. The molecule has 4 nitrogen and oxygen atoms in total. The van der Waals surface area contributed by atoms with E-state index in [9.17, 15) is 4.21 Å². The zero-order valence-corrected chi connectivity index (χ0v) is 10.4. The highest BCUT2D eigenvalue weighted by atomic mass is 35.5. The van der Waals surface area contributed by atoms with Gasteiger partial charge in [0.05, 0.1) is 10.8 Å². The molecular weight excluding hydrogens is 246 g/mol. The maximum absolute atomic E-state index is 12.0. The van der Waals surface area contributed by atoms with E-state index in [0.29, 0.717) is 21.8 Å². The maximum atomic E-state index is 12.0. The molecule has 2 rings (SSSR count). The molecule has 0 bridgehead atoms. The molecule has 1 aliphatic rings. The van der Waals surface area contributed by atoms with Crippen LogP contribution < -0.4 is 5.32 Å². The lowest BCUT2D eigenvalue weighted by Gasteiger charge is -2.21. The van der Waals surface area contributed by atoms with E-state index < -0.39 is 10.8 Å². The van der Waals surface area contributed by atoms with Gasteiger partial charge in [0.15, 0.2) is 5.15 Å². The SMILES string of the molecule is O=S(CC1CCCNC1)c1ccc(Cl)nn1. The van der Waals surface area contributed by atoms with Crippen molar-refractivity contribution in [1.29, 1.82) is 0 Å². The Balaban J connectivity index is 1.94. The molecule has 1 N–H and O–H groups in total. The molecule has 2 unspecified atom stereocenters. The molecule has 2 atom stereocenters. The fourth-order valence-corrected chi connectivity index (χ4v) is 3.13. The van der Waals surface area contributed by atoms with Gasteiger partial charge in [-0.2, -0.15) is 0 Å². The largest absolute Gasteiger partial charge is 0.316 e. The third-order valence-electron chi connectivity index (χ3n) is 2.63. The number of hydrogen-bond donors (Lipinski definition) is 1. The van der Waals surface area contributed by atoms with Crippen molar-refractivity contribution in [1.82, 2.24) is 15.5 Å². The average Bonchev–Trinajstić information content (AvgIpc) is 2.31. The average molecular weight is 260 g/mol. The van der Waals surface area contributed by atoms with Crippen molar-refractivity contribution in [2.24, 2.45) is 5.92 Å². The summed E-state index contributed by atoms with van der Waals surface area (Å²) in [4.78, 5) is 0. The first-order valence-corrected chi connectivity index (χ1v) is 7.04. The molecule has 0 radical (unpaired) electrons. The summed E-state index contributed by atoms with van der Waals surface area (Å²) >= 11 is 5.63. The zero-order valence-electron chi connectivity index (χ0n) is 8.86. The van der Waals surface area contributed by atoms with Crippen LogP contribution in [0.15, 0.2) is 17.2 Å². The van der Waals surface area contributed by atoms with Crippen molar-refractivity contribution in [2.75, 3.05) is 18.8 Å². The second-order valence-electron chi connectivity index (χ2n) is 3.92. The second kappa shape index (κ2) is 5.70. The number of nitrogens with one attached hydrogen (secondary N) is 1. The van der Waals surface area contributed by atoms with E-state index in [4.69, 9.17) is 11.6 Å². The normalized spacial score (nSPS) is 22.9. The highest BCUT2D eigenvalue weighted by Crippen LogP contribution is 2.14. The van der Waals surface area contributed by atoms with E-state index in [1.54, 1.807) is 12.1 Å². The summed E-state index contributed by atoms with van der Waals surface area (Å²) in [6.45, 7) is 2.02. The van der Waals surface area contributed by atoms with Gasteiger partial charge in [0.1, 0.15) is 5.03 Å². The maximum Gasteiger partial charge on any atom is 0.151 e. The first-order chi connectivity index (χ1) is 7.75. The van der Waals surface area contributed by atoms with Gasteiger partial charge in [-0.25, -0.2) is 0 Å². The molecule has 0 aliphatic carbocycles. The van der Waals surface area contributed by atoms with Gasteiger partial charge in [-0.05, 0) is 44.0 Å². The Morgan fingerprint density at radius 1 is 1.50 bits per heavy atom. The second-order valence-corrected chi connectivity index (χ2v) is 5.75. The lowest BCUT2D eigenvalue weighted by molar-refractivity contribution is 0.407.